The molecule has 6 nitrogen and oxygen atoms in total. The molecule has 0 amide bonds. The third kappa shape index (κ3) is 3.62. The van der Waals surface area contributed by atoms with Crippen LogP contribution in [0, 0.1) is 28.4 Å². The molecular weight excluding hydrogens is 352 g/mol. The predicted octanol–water partition coefficient (Wildman–Crippen LogP) is 3.90. The topological polar surface area (TPSA) is 101 Å². The second kappa shape index (κ2) is 6.83. The maximum Gasteiger partial charge on any atom is 0.270 e. The molecule has 0 fully saturated rings. The molecular formula is C16H11ClN2O4S. The van der Waals surface area contributed by atoms with Gasteiger partial charge in [-0.25, -0.2) is 8.42 Å². The Morgan fingerprint density at radius 3 is 2.42 bits per heavy atom. The Labute approximate surface area is 143 Å². The molecule has 0 unspecified atom stereocenters. The summed E-state index contributed by atoms with van der Waals surface area (Å²) in [5.41, 5.74) is 0.701. The summed E-state index contributed by atoms with van der Waals surface area (Å²) >= 11 is 5.95. The van der Waals surface area contributed by atoms with Gasteiger partial charge in [-0.3, -0.25) is 10.1 Å². The first-order chi connectivity index (χ1) is 11.3. The van der Waals surface area contributed by atoms with E-state index in [0.717, 1.165) is 17.7 Å². The maximum absolute atomic E-state index is 12.5. The zero-order valence-electron chi connectivity index (χ0n) is 12.4. The van der Waals surface area contributed by atoms with Gasteiger partial charge in [0.15, 0.2) is 0 Å². The van der Waals surface area contributed by atoms with E-state index in [9.17, 15) is 23.8 Å². The van der Waals surface area contributed by atoms with Gasteiger partial charge in [-0.2, -0.15) is 5.26 Å². The van der Waals surface area contributed by atoms with Crippen LogP contribution in [0.3, 0.4) is 0 Å². The number of hydrogen-bond donors (Lipinski definition) is 0. The van der Waals surface area contributed by atoms with Crippen LogP contribution in [-0.4, -0.2) is 13.3 Å². The smallest absolute Gasteiger partial charge is 0.258 e. The highest BCUT2D eigenvalue weighted by Crippen LogP contribution is 2.27. The van der Waals surface area contributed by atoms with Crippen molar-refractivity contribution in [3.63, 3.8) is 0 Å². The Kier molecular flexibility index (Phi) is 5.02. The fourth-order valence-electron chi connectivity index (χ4n) is 1.91. The molecule has 0 saturated carbocycles. The lowest BCUT2D eigenvalue weighted by atomic mass is 10.2. The average Bonchev–Trinajstić information content (AvgIpc) is 2.54. The van der Waals surface area contributed by atoms with Crippen LogP contribution < -0.4 is 0 Å². The molecule has 0 aromatic heterocycles. The normalized spacial score (nSPS) is 11.8. The molecule has 0 aliphatic heterocycles. The Balaban J connectivity index is 2.58. The van der Waals surface area contributed by atoms with E-state index < -0.39 is 19.7 Å². The molecule has 122 valence electrons. The van der Waals surface area contributed by atoms with E-state index in [2.05, 4.69) is 0 Å². The third-order valence-electron chi connectivity index (χ3n) is 3.21. The minimum Gasteiger partial charge on any atom is -0.258 e. The molecule has 0 bridgehead atoms. The number of aryl methyl sites for hydroxylation is 1. The number of nitriles is 1. The number of nitro benzene ring substituents is 1. The minimum absolute atomic E-state index is 0.0394. The van der Waals surface area contributed by atoms with Crippen molar-refractivity contribution in [3.8, 4) is 6.07 Å². The third-order valence-corrected chi connectivity index (χ3v) is 5.23. The summed E-state index contributed by atoms with van der Waals surface area (Å²) in [5.74, 6) is 0. The average molecular weight is 363 g/mol. The first-order valence-electron chi connectivity index (χ1n) is 6.63. The van der Waals surface area contributed by atoms with Crippen LogP contribution in [0.25, 0.3) is 6.08 Å². The standard InChI is InChI=1S/C16H11ClN2O4S/c1-11-2-5-14(6-3-11)24(22,23)15(10-18)9-12-8-13(19(20)21)4-7-16(12)17/h2-9H,1H3/b15-9+. The Bertz CT molecular complexity index is 974. The molecule has 0 aliphatic carbocycles. The highest BCUT2D eigenvalue weighted by molar-refractivity contribution is 7.95. The van der Waals surface area contributed by atoms with Crippen LogP contribution >= 0.6 is 11.6 Å². The number of sulfone groups is 1. The van der Waals surface area contributed by atoms with Gasteiger partial charge >= 0.3 is 0 Å². The van der Waals surface area contributed by atoms with Gasteiger partial charge < -0.3 is 0 Å². The lowest BCUT2D eigenvalue weighted by molar-refractivity contribution is -0.384. The molecule has 0 spiro atoms. The molecule has 8 heteroatoms. The summed E-state index contributed by atoms with van der Waals surface area (Å²) in [6, 6.07) is 11.2. The first kappa shape index (κ1) is 17.7. The number of halogens is 1. The maximum atomic E-state index is 12.5. The number of allylic oxidation sites excluding steroid dienone is 1. The van der Waals surface area contributed by atoms with Crippen LogP contribution in [0.15, 0.2) is 52.3 Å². The lowest BCUT2D eigenvalue weighted by Crippen LogP contribution is -2.03. The minimum atomic E-state index is -4.04. The first-order valence-corrected chi connectivity index (χ1v) is 8.49. The second-order valence-electron chi connectivity index (χ2n) is 4.90. The number of hydrogen-bond acceptors (Lipinski definition) is 5. The van der Waals surface area contributed by atoms with Gasteiger partial charge in [-0.15, -0.1) is 0 Å². The largest absolute Gasteiger partial charge is 0.270 e. The van der Waals surface area contributed by atoms with Crippen molar-refractivity contribution in [2.24, 2.45) is 0 Å². The van der Waals surface area contributed by atoms with Gasteiger partial charge in [0, 0.05) is 22.7 Å². The van der Waals surface area contributed by atoms with Crippen molar-refractivity contribution in [3.05, 3.63) is 73.6 Å². The van der Waals surface area contributed by atoms with Crippen molar-refractivity contribution in [1.82, 2.24) is 0 Å². The Morgan fingerprint density at radius 1 is 1.25 bits per heavy atom. The summed E-state index contributed by atoms with van der Waals surface area (Å²) in [6.07, 6.45) is 1.03. The zero-order chi connectivity index (χ0) is 17.9. The van der Waals surface area contributed by atoms with E-state index in [1.165, 1.54) is 24.3 Å². The number of rotatable bonds is 4. The SMILES string of the molecule is Cc1ccc(S(=O)(=O)/C(C#N)=C/c2cc([N+](=O)[O-])ccc2Cl)cc1. The molecule has 24 heavy (non-hydrogen) atoms. The van der Waals surface area contributed by atoms with E-state index in [0.29, 0.717) is 0 Å². The van der Waals surface area contributed by atoms with Crippen LogP contribution in [-0.2, 0) is 9.84 Å². The monoisotopic (exact) mass is 362 g/mol. The molecule has 0 aliphatic rings. The number of nitrogens with zero attached hydrogens (tertiary/aromatic N) is 2. The van der Waals surface area contributed by atoms with E-state index in [1.54, 1.807) is 25.1 Å². The lowest BCUT2D eigenvalue weighted by Gasteiger charge is -2.05. The second-order valence-corrected chi connectivity index (χ2v) is 7.23. The molecule has 2 rings (SSSR count). The molecule has 0 atom stereocenters. The van der Waals surface area contributed by atoms with E-state index in [-0.39, 0.29) is 21.2 Å². The Hall–Kier alpha value is -2.69. The summed E-state index contributed by atoms with van der Waals surface area (Å²) in [6.45, 7) is 1.81. The van der Waals surface area contributed by atoms with E-state index in [1.807, 2.05) is 0 Å². The quantitative estimate of drug-likeness (QED) is 0.466. The van der Waals surface area contributed by atoms with Gasteiger partial charge in [-0.05, 0) is 31.2 Å². The number of nitro groups is 1. The van der Waals surface area contributed by atoms with Crippen molar-refractivity contribution >= 4 is 33.2 Å². The zero-order valence-corrected chi connectivity index (χ0v) is 14.0. The van der Waals surface area contributed by atoms with E-state index in [4.69, 9.17) is 11.6 Å². The number of non-ortho nitro benzene ring substituents is 1. The number of benzene rings is 2. The van der Waals surface area contributed by atoms with Gasteiger partial charge in [0.1, 0.15) is 11.0 Å². The van der Waals surface area contributed by atoms with Gasteiger partial charge in [0.25, 0.3) is 5.69 Å². The molecule has 0 radical (unpaired) electrons. The van der Waals surface area contributed by atoms with Crippen molar-refractivity contribution in [2.75, 3.05) is 0 Å². The fourth-order valence-corrected chi connectivity index (χ4v) is 3.23. The summed E-state index contributed by atoms with van der Waals surface area (Å²) in [7, 11) is -4.04. The van der Waals surface area contributed by atoms with Gasteiger partial charge in [0.05, 0.1) is 9.82 Å². The van der Waals surface area contributed by atoms with Crippen molar-refractivity contribution in [1.29, 1.82) is 5.26 Å². The van der Waals surface area contributed by atoms with Crippen LogP contribution in [0.4, 0.5) is 5.69 Å². The molecule has 0 saturated heterocycles. The fraction of sp³-hybridized carbons (Fsp3) is 0.0625. The van der Waals surface area contributed by atoms with Crippen LogP contribution in [0.2, 0.25) is 5.02 Å². The summed E-state index contributed by atoms with van der Waals surface area (Å²) in [5, 5.41) is 20.2. The van der Waals surface area contributed by atoms with Gasteiger partial charge in [-0.1, -0.05) is 29.3 Å². The summed E-state index contributed by atoms with van der Waals surface area (Å²) in [4.78, 5) is 9.61. The highest BCUT2D eigenvalue weighted by atomic mass is 35.5. The van der Waals surface area contributed by atoms with E-state index >= 15 is 0 Å². The summed E-state index contributed by atoms with van der Waals surface area (Å²) < 4.78 is 25.1. The van der Waals surface area contributed by atoms with Gasteiger partial charge in [0.2, 0.25) is 9.84 Å². The predicted molar refractivity (Wildman–Crippen MR) is 90.1 cm³/mol. The molecule has 0 heterocycles. The van der Waals surface area contributed by atoms with Crippen LogP contribution in [0.5, 0.6) is 0 Å². The molecule has 2 aromatic rings. The Morgan fingerprint density at radius 2 is 1.88 bits per heavy atom. The highest BCUT2D eigenvalue weighted by Gasteiger charge is 2.21. The van der Waals surface area contributed by atoms with Crippen LogP contribution in [0.1, 0.15) is 11.1 Å². The van der Waals surface area contributed by atoms with Crippen molar-refractivity contribution in [2.45, 2.75) is 11.8 Å². The van der Waals surface area contributed by atoms with Crippen molar-refractivity contribution < 1.29 is 13.3 Å². The molecule has 2 aromatic carbocycles. The molecule has 0 N–H and O–H groups in total.